The zero-order valence-electron chi connectivity index (χ0n) is 8.64. The topological polar surface area (TPSA) is 29.0 Å². The molecule has 0 radical (unpaired) electrons. The van der Waals surface area contributed by atoms with E-state index in [4.69, 9.17) is 11.6 Å². The largest absolute Gasteiger partial charge is 0.357 e. The molecule has 5 heteroatoms. The lowest BCUT2D eigenvalue weighted by Gasteiger charge is -2.19. The molecule has 0 amide bonds. The number of hydrogen-bond acceptors (Lipinski definition) is 4. The smallest absolute Gasteiger partial charge is 0.149 e. The van der Waals surface area contributed by atoms with Crippen molar-refractivity contribution >= 4 is 39.0 Å². The first-order chi connectivity index (χ1) is 7.18. The van der Waals surface area contributed by atoms with Gasteiger partial charge in [-0.25, -0.2) is 9.97 Å². The molecule has 1 atom stereocenters. The van der Waals surface area contributed by atoms with Crippen molar-refractivity contribution in [2.45, 2.75) is 12.3 Å². The number of anilines is 1. The van der Waals surface area contributed by atoms with Gasteiger partial charge in [0.05, 0.1) is 10.2 Å². The first-order valence-corrected chi connectivity index (χ1v) is 6.03. The molecule has 15 heavy (non-hydrogen) atoms. The quantitative estimate of drug-likeness (QED) is 0.774. The third-order valence-electron chi connectivity index (χ3n) is 2.11. The van der Waals surface area contributed by atoms with Crippen molar-refractivity contribution in [1.29, 1.82) is 0 Å². The molecule has 0 bridgehead atoms. The fourth-order valence-electron chi connectivity index (χ4n) is 1.51. The average molecular weight is 242 g/mol. The second-order valence-corrected chi connectivity index (χ2v) is 5.15. The highest BCUT2D eigenvalue weighted by Gasteiger charge is 2.10. The molecule has 80 valence electrons. The predicted molar refractivity (Wildman–Crippen MR) is 66.0 cm³/mol. The molecule has 0 aliphatic heterocycles. The van der Waals surface area contributed by atoms with Gasteiger partial charge >= 0.3 is 0 Å². The summed E-state index contributed by atoms with van der Waals surface area (Å²) in [5.74, 6) is 0.961. The molecular formula is C10H12ClN3S. The van der Waals surface area contributed by atoms with Crippen LogP contribution in [0.5, 0.6) is 0 Å². The van der Waals surface area contributed by atoms with Crippen LogP contribution in [-0.4, -0.2) is 28.9 Å². The molecule has 3 nitrogen and oxygen atoms in total. The minimum atomic E-state index is 0.111. The molecule has 0 aromatic carbocycles. The molecule has 2 aromatic heterocycles. The Morgan fingerprint density at radius 1 is 1.53 bits per heavy atom. The molecule has 2 rings (SSSR count). The minimum Gasteiger partial charge on any atom is -0.357 e. The molecule has 2 heterocycles. The van der Waals surface area contributed by atoms with Crippen molar-refractivity contribution in [3.05, 3.63) is 17.8 Å². The van der Waals surface area contributed by atoms with Gasteiger partial charge in [0.2, 0.25) is 0 Å². The van der Waals surface area contributed by atoms with E-state index in [1.165, 1.54) is 0 Å². The Labute approximate surface area is 97.7 Å². The number of thiophene rings is 1. The van der Waals surface area contributed by atoms with E-state index in [2.05, 4.69) is 14.9 Å². The van der Waals surface area contributed by atoms with Gasteiger partial charge in [0.1, 0.15) is 12.1 Å². The normalized spacial score (nSPS) is 13.0. The summed E-state index contributed by atoms with van der Waals surface area (Å²) in [6.07, 6.45) is 1.60. The van der Waals surface area contributed by atoms with Crippen molar-refractivity contribution < 1.29 is 0 Å². The highest BCUT2D eigenvalue weighted by molar-refractivity contribution is 7.17. The number of fused-ring (bicyclic) bond motifs is 1. The second kappa shape index (κ2) is 4.33. The first kappa shape index (κ1) is 10.6. The van der Waals surface area contributed by atoms with Crippen LogP contribution >= 0.6 is 22.9 Å². The summed E-state index contributed by atoms with van der Waals surface area (Å²) < 4.78 is 1.12. The fraction of sp³-hybridized carbons (Fsp3) is 0.400. The Morgan fingerprint density at radius 3 is 3.07 bits per heavy atom. The average Bonchev–Trinajstić information content (AvgIpc) is 2.63. The maximum Gasteiger partial charge on any atom is 0.149 e. The highest BCUT2D eigenvalue weighted by Crippen LogP contribution is 2.27. The molecule has 2 aromatic rings. The van der Waals surface area contributed by atoms with Crippen molar-refractivity contribution in [2.24, 2.45) is 0 Å². The van der Waals surface area contributed by atoms with Crippen LogP contribution in [0.1, 0.15) is 6.92 Å². The van der Waals surface area contributed by atoms with E-state index >= 15 is 0 Å². The lowest BCUT2D eigenvalue weighted by Crippen LogP contribution is -2.25. The number of alkyl halides is 1. The summed E-state index contributed by atoms with van der Waals surface area (Å²) in [6, 6.07) is 2.00. The van der Waals surface area contributed by atoms with Crippen LogP contribution in [0.15, 0.2) is 17.8 Å². The number of aromatic nitrogens is 2. The number of hydrogen-bond donors (Lipinski definition) is 0. The van der Waals surface area contributed by atoms with E-state index in [1.807, 2.05) is 25.4 Å². The summed E-state index contributed by atoms with van der Waals surface area (Å²) in [4.78, 5) is 10.6. The summed E-state index contributed by atoms with van der Waals surface area (Å²) in [7, 11) is 2.00. The maximum atomic E-state index is 5.97. The SMILES string of the molecule is CC(Cl)CN(C)c1ncnc2ccsc12. The van der Waals surface area contributed by atoms with Gasteiger partial charge in [-0.1, -0.05) is 0 Å². The highest BCUT2D eigenvalue weighted by atomic mass is 35.5. The number of nitrogens with zero attached hydrogens (tertiary/aromatic N) is 3. The predicted octanol–water partition coefficient (Wildman–Crippen LogP) is 2.75. The molecule has 0 N–H and O–H groups in total. The molecule has 0 fully saturated rings. The Kier molecular flexibility index (Phi) is 3.07. The molecule has 0 saturated carbocycles. The van der Waals surface area contributed by atoms with Gasteiger partial charge in [0.25, 0.3) is 0 Å². The van der Waals surface area contributed by atoms with Crippen molar-refractivity contribution in [1.82, 2.24) is 9.97 Å². The summed E-state index contributed by atoms with van der Waals surface area (Å²) in [5, 5.41) is 2.14. The van der Waals surface area contributed by atoms with Gasteiger partial charge in [-0.3, -0.25) is 0 Å². The Hall–Kier alpha value is -0.870. The zero-order chi connectivity index (χ0) is 10.8. The summed E-state index contributed by atoms with van der Waals surface area (Å²) >= 11 is 7.63. The third kappa shape index (κ3) is 2.21. The Bertz CT molecular complexity index is 455. The molecule has 0 spiro atoms. The van der Waals surface area contributed by atoms with Crippen LogP contribution in [0.4, 0.5) is 5.82 Å². The van der Waals surface area contributed by atoms with Gasteiger partial charge in [-0.15, -0.1) is 22.9 Å². The number of halogens is 1. The zero-order valence-corrected chi connectivity index (χ0v) is 10.2. The van der Waals surface area contributed by atoms with E-state index in [1.54, 1.807) is 17.7 Å². The van der Waals surface area contributed by atoms with Crippen molar-refractivity contribution in [3.8, 4) is 0 Å². The van der Waals surface area contributed by atoms with E-state index in [0.717, 1.165) is 22.6 Å². The molecular weight excluding hydrogens is 230 g/mol. The van der Waals surface area contributed by atoms with E-state index in [9.17, 15) is 0 Å². The standard InChI is InChI=1S/C10H12ClN3S/c1-7(11)5-14(2)10-9-8(3-4-15-9)12-6-13-10/h3-4,6-7H,5H2,1-2H3. The van der Waals surface area contributed by atoms with Crippen molar-refractivity contribution in [3.63, 3.8) is 0 Å². The van der Waals surface area contributed by atoms with E-state index in [0.29, 0.717) is 0 Å². The van der Waals surface area contributed by atoms with Gasteiger partial charge in [-0.2, -0.15) is 0 Å². The molecule has 0 saturated heterocycles. The van der Waals surface area contributed by atoms with Crippen LogP contribution in [0.25, 0.3) is 10.2 Å². The first-order valence-electron chi connectivity index (χ1n) is 4.72. The monoisotopic (exact) mass is 241 g/mol. The van der Waals surface area contributed by atoms with Crippen molar-refractivity contribution in [2.75, 3.05) is 18.5 Å². The van der Waals surface area contributed by atoms with Crippen LogP contribution in [0.3, 0.4) is 0 Å². The lowest BCUT2D eigenvalue weighted by atomic mass is 10.4. The molecule has 0 aliphatic carbocycles. The van der Waals surface area contributed by atoms with Crippen LogP contribution in [-0.2, 0) is 0 Å². The molecule has 0 aliphatic rings. The van der Waals surface area contributed by atoms with Crippen LogP contribution in [0, 0.1) is 0 Å². The second-order valence-electron chi connectivity index (χ2n) is 3.49. The van der Waals surface area contributed by atoms with Gasteiger partial charge in [0, 0.05) is 19.0 Å². The summed E-state index contributed by atoms with van der Waals surface area (Å²) in [5.41, 5.74) is 0.999. The Balaban J connectivity index is 2.38. The van der Waals surface area contributed by atoms with E-state index < -0.39 is 0 Å². The number of rotatable bonds is 3. The van der Waals surface area contributed by atoms with Crippen LogP contribution in [0.2, 0.25) is 0 Å². The van der Waals surface area contributed by atoms with Gasteiger partial charge in [0.15, 0.2) is 0 Å². The Morgan fingerprint density at radius 2 is 2.33 bits per heavy atom. The maximum absolute atomic E-state index is 5.97. The molecule has 1 unspecified atom stereocenters. The fourth-order valence-corrected chi connectivity index (χ4v) is 2.61. The van der Waals surface area contributed by atoms with Gasteiger partial charge < -0.3 is 4.90 Å². The van der Waals surface area contributed by atoms with Gasteiger partial charge in [-0.05, 0) is 18.4 Å². The minimum absolute atomic E-state index is 0.111. The van der Waals surface area contributed by atoms with Crippen LogP contribution < -0.4 is 4.90 Å². The van der Waals surface area contributed by atoms with E-state index in [-0.39, 0.29) is 5.38 Å². The summed E-state index contributed by atoms with van der Waals surface area (Å²) in [6.45, 7) is 2.76. The third-order valence-corrected chi connectivity index (χ3v) is 3.15. The lowest BCUT2D eigenvalue weighted by molar-refractivity contribution is 0.847.